The first-order valence-corrected chi connectivity index (χ1v) is 15.6. The third-order valence-electron chi connectivity index (χ3n) is 8.20. The van der Waals surface area contributed by atoms with Gasteiger partial charge in [0.25, 0.3) is 0 Å². The summed E-state index contributed by atoms with van der Waals surface area (Å²) in [6, 6.07) is 17.4. The molecule has 0 radical (unpaired) electrons. The molecule has 0 saturated heterocycles. The van der Waals surface area contributed by atoms with E-state index in [4.69, 9.17) is 19.0 Å². The van der Waals surface area contributed by atoms with Crippen LogP contribution in [0, 0.1) is 5.92 Å². The van der Waals surface area contributed by atoms with E-state index in [1.165, 1.54) is 6.92 Å². The Morgan fingerprint density at radius 3 is 2.13 bits per heavy atom. The second-order valence-corrected chi connectivity index (χ2v) is 11.4. The third-order valence-corrected chi connectivity index (χ3v) is 8.20. The normalized spacial score (nSPS) is 13.7. The first-order chi connectivity index (χ1) is 22.3. The maximum atomic E-state index is 13.8. The van der Waals surface area contributed by atoms with Crippen LogP contribution in [-0.4, -0.2) is 54.3 Å². The van der Waals surface area contributed by atoms with Crippen molar-refractivity contribution >= 4 is 51.2 Å². The van der Waals surface area contributed by atoms with Crippen LogP contribution in [0.5, 0.6) is 5.75 Å². The van der Waals surface area contributed by atoms with Crippen LogP contribution in [0.15, 0.2) is 65.8 Å². The van der Waals surface area contributed by atoms with Crippen molar-refractivity contribution in [2.24, 2.45) is 11.1 Å². The zero-order valence-corrected chi connectivity index (χ0v) is 26.4. The average molecular weight is 627 g/mol. The summed E-state index contributed by atoms with van der Waals surface area (Å²) in [5.74, 6) is -0.475. The zero-order chi connectivity index (χ0) is 32.6. The van der Waals surface area contributed by atoms with Gasteiger partial charge in [-0.25, -0.2) is 9.59 Å². The van der Waals surface area contributed by atoms with E-state index < -0.39 is 12.1 Å². The summed E-state index contributed by atoms with van der Waals surface area (Å²) >= 11 is 0. The number of ether oxygens (including phenoxy) is 3. The fourth-order valence-corrected chi connectivity index (χ4v) is 6.02. The number of carbonyl (C=O) groups excluding carboxylic acids is 4. The lowest BCUT2D eigenvalue weighted by atomic mass is 9.95. The Kier molecular flexibility index (Phi) is 10.6. The second-order valence-electron chi connectivity index (χ2n) is 11.4. The Hall–Kier alpha value is -4.83. The molecule has 0 unspecified atom stereocenters. The Morgan fingerprint density at radius 2 is 1.50 bits per heavy atom. The molecule has 1 fully saturated rings. The van der Waals surface area contributed by atoms with E-state index in [9.17, 15) is 19.2 Å². The lowest BCUT2D eigenvalue weighted by Gasteiger charge is -2.11. The molecule has 4 aromatic rings. The van der Waals surface area contributed by atoms with E-state index in [1.54, 1.807) is 50.4 Å². The molecule has 10 nitrogen and oxygen atoms in total. The number of oxime groups is 1. The van der Waals surface area contributed by atoms with Crippen molar-refractivity contribution in [1.82, 2.24) is 4.57 Å². The molecule has 5 rings (SSSR count). The Bertz CT molecular complexity index is 1780. The first kappa shape index (κ1) is 32.6. The molecular formula is C36H38N2O8. The molecule has 1 aromatic heterocycles. The quantitative estimate of drug-likeness (QED) is 0.0289. The van der Waals surface area contributed by atoms with E-state index in [-0.39, 0.29) is 29.6 Å². The smallest absolute Gasteiger partial charge is 0.434 e. The number of carbonyl (C=O) groups is 4. The highest BCUT2D eigenvalue weighted by atomic mass is 16.7. The number of methoxy groups -OCH3 is 1. The zero-order valence-electron chi connectivity index (χ0n) is 26.4. The molecule has 0 aliphatic heterocycles. The summed E-state index contributed by atoms with van der Waals surface area (Å²) in [5.41, 5.74) is 3.40. The standard InChI is InChI=1S/C36H38N2O8/c1-4-44-36(42)45-28-14-10-25(11-15-28)34(40)26-12-16-32-29(21-26)30-22-27(13-17-33(30)38(32)18-7-19-43-3)35(41)31(37-46-23(2)39)20-24-8-5-6-9-24/h10-17,21-22,24H,4-9,18-20H2,1-3H3/b37-31+. The molecule has 46 heavy (non-hydrogen) atoms. The van der Waals surface area contributed by atoms with Crippen molar-refractivity contribution < 1.29 is 38.2 Å². The van der Waals surface area contributed by atoms with Crippen molar-refractivity contribution in [3.8, 4) is 5.75 Å². The molecule has 0 bridgehead atoms. The van der Waals surface area contributed by atoms with Crippen molar-refractivity contribution in [1.29, 1.82) is 0 Å². The number of ketones is 2. The minimum atomic E-state index is -0.810. The monoisotopic (exact) mass is 626 g/mol. The van der Waals surface area contributed by atoms with Gasteiger partial charge < -0.3 is 23.6 Å². The Balaban J connectivity index is 1.52. The maximum absolute atomic E-state index is 13.8. The third kappa shape index (κ3) is 7.51. The van der Waals surface area contributed by atoms with Gasteiger partial charge in [-0.3, -0.25) is 9.59 Å². The van der Waals surface area contributed by atoms with Crippen LogP contribution in [0.2, 0.25) is 0 Å². The number of rotatable bonds is 13. The lowest BCUT2D eigenvalue weighted by Crippen LogP contribution is -2.19. The summed E-state index contributed by atoms with van der Waals surface area (Å²) in [5, 5.41) is 5.62. The van der Waals surface area contributed by atoms with Crippen LogP contribution in [0.1, 0.15) is 78.7 Å². The molecule has 1 aliphatic rings. The number of benzene rings is 3. The van der Waals surface area contributed by atoms with Gasteiger partial charge in [-0.2, -0.15) is 0 Å². The van der Waals surface area contributed by atoms with Gasteiger partial charge in [0.15, 0.2) is 5.78 Å². The van der Waals surface area contributed by atoms with Crippen LogP contribution in [0.4, 0.5) is 4.79 Å². The molecular weight excluding hydrogens is 588 g/mol. The first-order valence-electron chi connectivity index (χ1n) is 15.6. The average Bonchev–Trinajstić information content (AvgIpc) is 3.68. The second kappa shape index (κ2) is 15.0. The predicted molar refractivity (Wildman–Crippen MR) is 174 cm³/mol. The minimum Gasteiger partial charge on any atom is -0.434 e. The molecule has 3 aromatic carbocycles. The molecule has 0 spiro atoms. The van der Waals surface area contributed by atoms with E-state index in [0.29, 0.717) is 42.2 Å². The van der Waals surface area contributed by atoms with Gasteiger partial charge in [0, 0.05) is 65.7 Å². The molecule has 1 aliphatic carbocycles. The highest BCUT2D eigenvalue weighted by molar-refractivity contribution is 6.46. The molecule has 0 amide bonds. The SMILES string of the molecule is CCOC(=O)Oc1ccc(C(=O)c2ccc3c(c2)c2cc(C(=O)/C(CC4CCCC4)=N/OC(C)=O)ccc2n3CCCOC)cc1. The van der Waals surface area contributed by atoms with E-state index >= 15 is 0 Å². The minimum absolute atomic E-state index is 0.194. The number of aryl methyl sites for hydroxylation is 1. The predicted octanol–water partition coefficient (Wildman–Crippen LogP) is 7.28. The van der Waals surface area contributed by atoms with Gasteiger partial charge in [-0.1, -0.05) is 30.8 Å². The number of hydrogen-bond donors (Lipinski definition) is 0. The summed E-state index contributed by atoms with van der Waals surface area (Å²) in [6.45, 7) is 4.40. The number of aromatic nitrogens is 1. The van der Waals surface area contributed by atoms with Crippen molar-refractivity contribution in [3.63, 3.8) is 0 Å². The van der Waals surface area contributed by atoms with Gasteiger partial charge in [0.1, 0.15) is 11.5 Å². The molecule has 240 valence electrons. The summed E-state index contributed by atoms with van der Waals surface area (Å²) in [4.78, 5) is 55.5. The van der Waals surface area contributed by atoms with Crippen molar-refractivity contribution in [2.45, 2.75) is 58.9 Å². The highest BCUT2D eigenvalue weighted by Crippen LogP contribution is 2.33. The Labute approximate surface area is 267 Å². The van der Waals surface area contributed by atoms with Gasteiger partial charge in [-0.15, -0.1) is 0 Å². The topological polar surface area (TPSA) is 122 Å². The largest absolute Gasteiger partial charge is 0.513 e. The van der Waals surface area contributed by atoms with Gasteiger partial charge in [0.05, 0.1) is 6.61 Å². The van der Waals surface area contributed by atoms with Crippen LogP contribution in [-0.2, 0) is 25.7 Å². The van der Waals surface area contributed by atoms with E-state index in [1.807, 2.05) is 24.3 Å². The summed E-state index contributed by atoms with van der Waals surface area (Å²) < 4.78 is 17.4. The fraction of sp³-hybridized carbons (Fsp3) is 0.361. The van der Waals surface area contributed by atoms with Crippen LogP contribution >= 0.6 is 0 Å². The molecule has 1 heterocycles. The van der Waals surface area contributed by atoms with Crippen LogP contribution < -0.4 is 4.74 Å². The summed E-state index contributed by atoms with van der Waals surface area (Å²) in [7, 11) is 1.66. The van der Waals surface area contributed by atoms with Crippen molar-refractivity contribution in [2.75, 3.05) is 20.3 Å². The highest BCUT2D eigenvalue weighted by Gasteiger charge is 2.24. The lowest BCUT2D eigenvalue weighted by molar-refractivity contribution is -0.140. The number of hydrogen-bond acceptors (Lipinski definition) is 9. The van der Waals surface area contributed by atoms with E-state index in [2.05, 4.69) is 9.72 Å². The molecule has 1 saturated carbocycles. The van der Waals surface area contributed by atoms with E-state index in [0.717, 1.165) is 53.9 Å². The fourth-order valence-electron chi connectivity index (χ4n) is 6.02. The number of nitrogens with zero attached hydrogens (tertiary/aromatic N) is 2. The number of fused-ring (bicyclic) bond motifs is 3. The Morgan fingerprint density at radius 1 is 0.870 bits per heavy atom. The van der Waals surface area contributed by atoms with Gasteiger partial charge >= 0.3 is 12.1 Å². The summed E-state index contributed by atoms with van der Waals surface area (Å²) in [6.07, 6.45) is 4.66. The van der Waals surface area contributed by atoms with Gasteiger partial charge in [-0.05, 0) is 86.3 Å². The molecule has 0 N–H and O–H groups in total. The van der Waals surface area contributed by atoms with Crippen molar-refractivity contribution in [3.05, 3.63) is 77.4 Å². The number of Topliss-reactive ketones (excluding diaryl/α,β-unsaturated/α-hetero) is 1. The van der Waals surface area contributed by atoms with Crippen LogP contribution in [0.25, 0.3) is 21.8 Å². The molecule has 10 heteroatoms. The van der Waals surface area contributed by atoms with Crippen LogP contribution in [0.3, 0.4) is 0 Å². The maximum Gasteiger partial charge on any atom is 0.513 e. The van der Waals surface area contributed by atoms with Gasteiger partial charge in [0.2, 0.25) is 5.78 Å². The molecule has 0 atom stereocenters.